The van der Waals surface area contributed by atoms with Crippen LogP contribution >= 0.6 is 0 Å². The monoisotopic (exact) mass is 450 g/mol. The van der Waals surface area contributed by atoms with Crippen LogP contribution in [0.2, 0.25) is 0 Å². The number of anilines is 1. The van der Waals surface area contributed by atoms with Crippen LogP contribution in [0.25, 0.3) is 11.1 Å². The van der Waals surface area contributed by atoms with Gasteiger partial charge in [0.05, 0.1) is 0 Å². The molecule has 2 aliphatic rings. The first-order valence-corrected chi connectivity index (χ1v) is 9.27. The van der Waals surface area contributed by atoms with E-state index >= 15 is 0 Å². The minimum atomic E-state index is -5.08. The summed E-state index contributed by atoms with van der Waals surface area (Å²) < 4.78 is 31.7. The zero-order valence-electron chi connectivity index (χ0n) is 16.3. The Morgan fingerprint density at radius 1 is 1.16 bits per heavy atom. The number of imide groups is 1. The molecule has 0 saturated carbocycles. The number of fused-ring (bicyclic) bond motifs is 1. The van der Waals surface area contributed by atoms with Crippen molar-refractivity contribution in [2.45, 2.75) is 31.6 Å². The van der Waals surface area contributed by atoms with E-state index in [0.29, 0.717) is 24.2 Å². The van der Waals surface area contributed by atoms with Gasteiger partial charge in [-0.05, 0) is 29.7 Å². The fourth-order valence-electron chi connectivity index (χ4n) is 3.47. The van der Waals surface area contributed by atoms with Gasteiger partial charge in [-0.25, -0.2) is 4.79 Å². The van der Waals surface area contributed by atoms with Crippen molar-refractivity contribution in [1.29, 1.82) is 0 Å². The van der Waals surface area contributed by atoms with E-state index < -0.39 is 24.1 Å². The minimum absolute atomic E-state index is 0.200. The maximum Gasteiger partial charge on any atom is 0.490 e. The zero-order valence-corrected chi connectivity index (χ0v) is 16.3. The topological polar surface area (TPSA) is 143 Å². The predicted molar refractivity (Wildman–Crippen MR) is 104 cm³/mol. The lowest BCUT2D eigenvalue weighted by Crippen LogP contribution is -2.52. The number of hydrogen-bond donors (Lipinski definition) is 3. The number of benzene rings is 1. The molecule has 1 saturated heterocycles. The van der Waals surface area contributed by atoms with Gasteiger partial charge in [0.25, 0.3) is 5.91 Å². The number of halogens is 3. The Labute approximate surface area is 179 Å². The van der Waals surface area contributed by atoms with Crippen LogP contribution in [0, 0.1) is 0 Å². The molecule has 3 amide bonds. The van der Waals surface area contributed by atoms with Gasteiger partial charge in [0.1, 0.15) is 6.04 Å². The van der Waals surface area contributed by atoms with Crippen molar-refractivity contribution in [2.24, 2.45) is 0 Å². The number of hydrogen-bond acceptors (Lipinski definition) is 6. The SMILES string of the molecule is Nc1ccncc1-c1cccc2c1CN(C1CCC(=O)NC1=O)C2=O.O=C(O)C(F)(F)F. The molecular formula is C20H17F3N4O5. The Kier molecular flexibility index (Phi) is 6.14. The van der Waals surface area contributed by atoms with Crippen LogP contribution < -0.4 is 11.1 Å². The molecular weight excluding hydrogens is 433 g/mol. The smallest absolute Gasteiger partial charge is 0.475 e. The number of amides is 3. The molecule has 0 bridgehead atoms. The number of nitrogen functional groups attached to an aromatic ring is 1. The van der Waals surface area contributed by atoms with Crippen molar-refractivity contribution >= 4 is 29.4 Å². The first-order valence-electron chi connectivity index (χ1n) is 9.27. The Balaban J connectivity index is 0.000000360. The number of alkyl halides is 3. The molecule has 0 radical (unpaired) electrons. The molecule has 1 unspecified atom stereocenters. The van der Waals surface area contributed by atoms with Crippen molar-refractivity contribution in [3.63, 3.8) is 0 Å². The van der Waals surface area contributed by atoms with Crippen molar-refractivity contribution in [1.82, 2.24) is 15.2 Å². The van der Waals surface area contributed by atoms with Crippen LogP contribution in [0.3, 0.4) is 0 Å². The van der Waals surface area contributed by atoms with Crippen LogP contribution in [0.15, 0.2) is 36.7 Å². The third-order valence-electron chi connectivity index (χ3n) is 4.97. The van der Waals surface area contributed by atoms with Gasteiger partial charge in [-0.3, -0.25) is 24.7 Å². The summed E-state index contributed by atoms with van der Waals surface area (Å²) in [5.41, 5.74) is 9.63. The largest absolute Gasteiger partial charge is 0.490 e. The molecule has 2 aliphatic heterocycles. The molecule has 3 heterocycles. The van der Waals surface area contributed by atoms with Crippen molar-refractivity contribution in [3.05, 3.63) is 47.8 Å². The second-order valence-corrected chi connectivity index (χ2v) is 7.00. The quantitative estimate of drug-likeness (QED) is 0.591. The minimum Gasteiger partial charge on any atom is -0.475 e. The number of piperidine rings is 1. The summed E-state index contributed by atoms with van der Waals surface area (Å²) in [6, 6.07) is 6.53. The standard InChI is InChI=1S/C18H16N4O3.C2HF3O2/c19-14-6-7-20-8-12(14)10-2-1-3-11-13(10)9-22(18(11)25)15-4-5-16(23)21-17(15)24;3-2(4,5)1(6)7/h1-3,6-8,15H,4-5,9H2,(H2,19,20)(H,21,23,24);(H,6,7). The predicted octanol–water partition coefficient (Wildman–Crippen LogP) is 1.73. The molecule has 9 nitrogen and oxygen atoms in total. The average Bonchev–Trinajstić information content (AvgIpc) is 3.05. The fraction of sp³-hybridized carbons (Fsp3) is 0.250. The van der Waals surface area contributed by atoms with Gasteiger partial charge >= 0.3 is 12.1 Å². The fourth-order valence-corrected chi connectivity index (χ4v) is 3.47. The Hall–Kier alpha value is -3.96. The number of carboxylic acids is 1. The summed E-state index contributed by atoms with van der Waals surface area (Å²) in [6.45, 7) is 0.310. The second kappa shape index (κ2) is 8.65. The van der Waals surface area contributed by atoms with Crippen molar-refractivity contribution < 1.29 is 37.5 Å². The normalized spacial score (nSPS) is 17.9. The highest BCUT2D eigenvalue weighted by Gasteiger charge is 2.40. The third-order valence-corrected chi connectivity index (χ3v) is 4.97. The molecule has 1 atom stereocenters. The van der Waals surface area contributed by atoms with E-state index in [-0.39, 0.29) is 18.2 Å². The van der Waals surface area contributed by atoms with Crippen LogP contribution in [0.4, 0.5) is 18.9 Å². The highest BCUT2D eigenvalue weighted by atomic mass is 19.4. The lowest BCUT2D eigenvalue weighted by molar-refractivity contribution is -0.192. The van der Waals surface area contributed by atoms with E-state index in [1.807, 2.05) is 6.07 Å². The maximum atomic E-state index is 12.8. The summed E-state index contributed by atoms with van der Waals surface area (Å²) in [7, 11) is 0. The van der Waals surface area contributed by atoms with Crippen molar-refractivity contribution in [2.75, 3.05) is 5.73 Å². The molecule has 12 heteroatoms. The lowest BCUT2D eigenvalue weighted by atomic mass is 9.97. The number of nitrogens with two attached hydrogens (primary N) is 1. The lowest BCUT2D eigenvalue weighted by Gasteiger charge is -2.29. The number of aliphatic carboxylic acids is 1. The van der Waals surface area contributed by atoms with E-state index in [1.165, 1.54) is 4.90 Å². The number of carboxylic acid groups (broad SMARTS) is 1. The first kappa shape index (κ1) is 22.7. The third kappa shape index (κ3) is 4.53. The molecule has 0 spiro atoms. The molecule has 1 aromatic heterocycles. The van der Waals surface area contributed by atoms with E-state index in [4.69, 9.17) is 15.6 Å². The Morgan fingerprint density at radius 3 is 2.41 bits per heavy atom. The van der Waals surface area contributed by atoms with Crippen LogP contribution in [0.1, 0.15) is 28.8 Å². The number of nitrogens with one attached hydrogen (secondary N) is 1. The number of nitrogens with zero attached hydrogens (tertiary/aromatic N) is 2. The van der Waals surface area contributed by atoms with Crippen LogP contribution in [0.5, 0.6) is 0 Å². The summed E-state index contributed by atoms with van der Waals surface area (Å²) in [4.78, 5) is 50.8. The van der Waals surface area contributed by atoms with Crippen LogP contribution in [-0.4, -0.2) is 50.9 Å². The number of aromatic nitrogens is 1. The maximum absolute atomic E-state index is 12.8. The van der Waals surface area contributed by atoms with Crippen molar-refractivity contribution in [3.8, 4) is 11.1 Å². The molecule has 32 heavy (non-hydrogen) atoms. The van der Waals surface area contributed by atoms with Gasteiger partial charge in [-0.1, -0.05) is 12.1 Å². The summed E-state index contributed by atoms with van der Waals surface area (Å²) >= 11 is 0. The zero-order chi connectivity index (χ0) is 23.6. The summed E-state index contributed by atoms with van der Waals surface area (Å²) in [6.07, 6.45) is -1.22. The van der Waals surface area contributed by atoms with Gasteiger partial charge < -0.3 is 15.7 Å². The molecule has 0 aliphatic carbocycles. The summed E-state index contributed by atoms with van der Waals surface area (Å²) in [5.74, 6) is -3.67. The second-order valence-electron chi connectivity index (χ2n) is 7.00. The molecule has 4 rings (SSSR count). The Morgan fingerprint density at radius 2 is 1.81 bits per heavy atom. The molecule has 1 fully saturated rings. The van der Waals surface area contributed by atoms with E-state index in [1.54, 1.807) is 30.6 Å². The van der Waals surface area contributed by atoms with Gasteiger partial charge in [-0.2, -0.15) is 13.2 Å². The molecule has 2 aromatic rings. The average molecular weight is 450 g/mol. The molecule has 4 N–H and O–H groups in total. The number of pyridine rings is 1. The van der Waals surface area contributed by atoms with Gasteiger partial charge in [0.15, 0.2) is 0 Å². The van der Waals surface area contributed by atoms with Gasteiger partial charge in [0, 0.05) is 42.2 Å². The first-order chi connectivity index (χ1) is 15.0. The molecule has 168 valence electrons. The number of carbonyl (C=O) groups is 4. The molecule has 1 aromatic carbocycles. The van der Waals surface area contributed by atoms with Gasteiger partial charge in [0.2, 0.25) is 11.8 Å². The van der Waals surface area contributed by atoms with E-state index in [2.05, 4.69) is 10.3 Å². The highest BCUT2D eigenvalue weighted by Crippen LogP contribution is 2.36. The number of rotatable bonds is 2. The number of carbonyl (C=O) groups excluding carboxylic acids is 3. The summed E-state index contributed by atoms with van der Waals surface area (Å²) in [5, 5.41) is 9.43. The van der Waals surface area contributed by atoms with E-state index in [0.717, 1.165) is 16.7 Å². The van der Waals surface area contributed by atoms with E-state index in [9.17, 15) is 27.6 Å². The Bertz CT molecular complexity index is 1100. The van der Waals surface area contributed by atoms with Gasteiger partial charge in [-0.15, -0.1) is 0 Å². The highest BCUT2D eigenvalue weighted by molar-refractivity contribution is 6.06. The van der Waals surface area contributed by atoms with Crippen LogP contribution in [-0.2, 0) is 20.9 Å².